The summed E-state index contributed by atoms with van der Waals surface area (Å²) < 4.78 is 0. The van der Waals surface area contributed by atoms with Gasteiger partial charge in [0.1, 0.15) is 5.56 Å². The van der Waals surface area contributed by atoms with Gasteiger partial charge in [0.05, 0.1) is 12.5 Å². The topological polar surface area (TPSA) is 116 Å². The Morgan fingerprint density at radius 3 is 2.23 bits per heavy atom. The van der Waals surface area contributed by atoms with Crippen molar-refractivity contribution in [2.24, 2.45) is 0 Å². The largest absolute Gasteiger partial charge is 0.477 e. The molecule has 7 nitrogen and oxygen atoms in total. The van der Waals surface area contributed by atoms with Gasteiger partial charge in [-0.3, -0.25) is 14.4 Å². The molecule has 3 N–H and O–H groups in total. The highest BCUT2D eigenvalue weighted by Crippen LogP contribution is 2.19. The van der Waals surface area contributed by atoms with Crippen molar-refractivity contribution in [3.63, 3.8) is 0 Å². The second kappa shape index (κ2) is 10.2. The van der Waals surface area contributed by atoms with Crippen molar-refractivity contribution >= 4 is 28.6 Å². The Balaban J connectivity index is 1.38. The van der Waals surface area contributed by atoms with Crippen molar-refractivity contribution in [2.75, 3.05) is 0 Å². The maximum atomic E-state index is 12.7. The van der Waals surface area contributed by atoms with E-state index in [1.165, 1.54) is 6.07 Å². The first-order valence-electron chi connectivity index (χ1n) is 11.2. The van der Waals surface area contributed by atoms with E-state index in [1.807, 2.05) is 54.6 Å². The minimum absolute atomic E-state index is 0.000101. The van der Waals surface area contributed by atoms with Gasteiger partial charge in [-0.15, -0.1) is 0 Å². The number of fused-ring (bicyclic) bond motifs is 1. The molecule has 0 fully saturated rings. The Morgan fingerprint density at radius 2 is 1.54 bits per heavy atom. The van der Waals surface area contributed by atoms with Crippen LogP contribution in [-0.2, 0) is 22.4 Å². The fourth-order valence-corrected chi connectivity index (χ4v) is 3.89. The van der Waals surface area contributed by atoms with Crippen molar-refractivity contribution in [1.82, 2.24) is 10.3 Å². The Bertz CT molecular complexity index is 1460. The van der Waals surface area contributed by atoms with Gasteiger partial charge in [-0.1, -0.05) is 60.7 Å². The number of amides is 1. The molecule has 0 saturated heterocycles. The van der Waals surface area contributed by atoms with E-state index in [9.17, 15) is 19.2 Å². The number of carboxylic acid groups (broad SMARTS) is 1. The first kappa shape index (κ1) is 23.6. The summed E-state index contributed by atoms with van der Waals surface area (Å²) in [5.74, 6) is -1.80. The number of hydrogen-bond acceptors (Lipinski definition) is 4. The van der Waals surface area contributed by atoms with E-state index >= 15 is 0 Å². The maximum Gasteiger partial charge on any atom is 0.341 e. The Morgan fingerprint density at radius 1 is 0.886 bits per heavy atom. The van der Waals surface area contributed by atoms with E-state index in [4.69, 9.17) is 5.11 Å². The summed E-state index contributed by atoms with van der Waals surface area (Å²) >= 11 is 0. The maximum absolute atomic E-state index is 12.7. The minimum Gasteiger partial charge on any atom is -0.477 e. The van der Waals surface area contributed by atoms with Crippen LogP contribution in [0.3, 0.4) is 0 Å². The Labute approximate surface area is 201 Å². The van der Waals surface area contributed by atoms with Gasteiger partial charge in [-0.2, -0.15) is 0 Å². The van der Waals surface area contributed by atoms with E-state index in [0.717, 1.165) is 22.9 Å². The van der Waals surface area contributed by atoms with Gasteiger partial charge in [0.2, 0.25) is 11.3 Å². The lowest BCUT2D eigenvalue weighted by atomic mass is 10.0. The molecule has 1 aromatic heterocycles. The van der Waals surface area contributed by atoms with Crippen LogP contribution in [0.15, 0.2) is 83.8 Å². The molecule has 0 aliphatic rings. The number of aromatic amines is 1. The van der Waals surface area contributed by atoms with Gasteiger partial charge in [-0.25, -0.2) is 4.79 Å². The van der Waals surface area contributed by atoms with E-state index in [1.54, 1.807) is 19.1 Å². The van der Waals surface area contributed by atoms with Gasteiger partial charge in [0.15, 0.2) is 5.78 Å². The van der Waals surface area contributed by atoms with Gasteiger partial charge >= 0.3 is 5.97 Å². The molecule has 0 bridgehead atoms. The highest BCUT2D eigenvalue weighted by molar-refractivity contribution is 5.94. The van der Waals surface area contributed by atoms with Gasteiger partial charge in [0.25, 0.3) is 0 Å². The standard InChI is InChI=1S/C28H24N2O5/c1-17(30-26(32)15-18-7-10-21(11-8-18)20-5-3-2-4-6-20)25(31)14-19-9-12-24-22(13-19)27(33)23(16-29-24)28(34)35/h2-13,16-17H,14-15H2,1H3,(H,29,33)(H,30,32)(H,34,35)/t17-/m0/s1. The van der Waals surface area contributed by atoms with Crippen LogP contribution in [0, 0.1) is 0 Å². The smallest absolute Gasteiger partial charge is 0.341 e. The number of carbonyl (C=O) groups excluding carboxylic acids is 2. The number of carbonyl (C=O) groups is 3. The highest BCUT2D eigenvalue weighted by atomic mass is 16.4. The van der Waals surface area contributed by atoms with Gasteiger partial charge < -0.3 is 15.4 Å². The third kappa shape index (κ3) is 5.52. The summed E-state index contributed by atoms with van der Waals surface area (Å²) in [6, 6.07) is 21.8. The van der Waals surface area contributed by atoms with Crippen LogP contribution in [0.25, 0.3) is 22.0 Å². The zero-order valence-electron chi connectivity index (χ0n) is 19.1. The molecular weight excluding hydrogens is 444 g/mol. The second-order valence-corrected chi connectivity index (χ2v) is 8.39. The zero-order valence-corrected chi connectivity index (χ0v) is 19.1. The van der Waals surface area contributed by atoms with Crippen molar-refractivity contribution < 1.29 is 19.5 Å². The number of nitrogens with one attached hydrogen (secondary N) is 2. The van der Waals surface area contributed by atoms with Crippen LogP contribution in [0.1, 0.15) is 28.4 Å². The normalized spacial score (nSPS) is 11.7. The van der Waals surface area contributed by atoms with Crippen LogP contribution < -0.4 is 10.7 Å². The van der Waals surface area contributed by atoms with E-state index < -0.39 is 17.4 Å². The fraction of sp³-hybridized carbons (Fsp3) is 0.143. The summed E-state index contributed by atoms with van der Waals surface area (Å²) in [7, 11) is 0. The molecule has 1 amide bonds. The molecule has 7 heteroatoms. The molecule has 176 valence electrons. The van der Waals surface area contributed by atoms with Gasteiger partial charge in [0, 0.05) is 23.5 Å². The van der Waals surface area contributed by atoms with Crippen molar-refractivity contribution in [2.45, 2.75) is 25.8 Å². The third-order valence-electron chi connectivity index (χ3n) is 5.84. The lowest BCUT2D eigenvalue weighted by Gasteiger charge is -2.13. The number of aromatic nitrogens is 1. The Kier molecular flexibility index (Phi) is 6.87. The quantitative estimate of drug-likeness (QED) is 0.364. The molecule has 1 heterocycles. The number of ketones is 1. The molecule has 0 spiro atoms. The van der Waals surface area contributed by atoms with Crippen molar-refractivity contribution in [3.05, 3.63) is 106 Å². The first-order valence-corrected chi connectivity index (χ1v) is 11.2. The number of hydrogen-bond donors (Lipinski definition) is 3. The van der Waals surface area contributed by atoms with Crippen LogP contribution in [-0.4, -0.2) is 33.8 Å². The zero-order chi connectivity index (χ0) is 24.9. The average molecular weight is 469 g/mol. The second-order valence-electron chi connectivity index (χ2n) is 8.39. The van der Waals surface area contributed by atoms with Crippen LogP contribution in [0.5, 0.6) is 0 Å². The highest BCUT2D eigenvalue weighted by Gasteiger charge is 2.18. The summed E-state index contributed by atoms with van der Waals surface area (Å²) in [6.45, 7) is 1.62. The lowest BCUT2D eigenvalue weighted by Crippen LogP contribution is -2.40. The molecule has 35 heavy (non-hydrogen) atoms. The number of Topliss-reactive ketones (excluding diaryl/α,β-unsaturated/α-hetero) is 1. The summed E-state index contributed by atoms with van der Waals surface area (Å²) in [5, 5.41) is 12.1. The minimum atomic E-state index is -1.32. The van der Waals surface area contributed by atoms with Crippen molar-refractivity contribution in [1.29, 1.82) is 0 Å². The number of benzene rings is 3. The number of carboxylic acids is 1. The van der Waals surface area contributed by atoms with Crippen LogP contribution in [0.2, 0.25) is 0 Å². The number of pyridine rings is 1. The number of aromatic carboxylic acids is 1. The molecule has 0 radical (unpaired) electrons. The average Bonchev–Trinajstić information content (AvgIpc) is 2.85. The molecule has 4 aromatic rings. The monoisotopic (exact) mass is 468 g/mol. The first-order chi connectivity index (χ1) is 16.8. The van der Waals surface area contributed by atoms with E-state index in [0.29, 0.717) is 11.1 Å². The van der Waals surface area contributed by atoms with Crippen LogP contribution in [0.4, 0.5) is 0 Å². The molecule has 0 unspecified atom stereocenters. The molecule has 0 aliphatic heterocycles. The summed E-state index contributed by atoms with van der Waals surface area (Å²) in [5.41, 5.74) is 3.06. The van der Waals surface area contributed by atoms with Crippen LogP contribution >= 0.6 is 0 Å². The predicted molar refractivity (Wildman–Crippen MR) is 133 cm³/mol. The van der Waals surface area contributed by atoms with E-state index in [2.05, 4.69) is 10.3 Å². The van der Waals surface area contributed by atoms with Gasteiger partial charge in [-0.05, 0) is 41.3 Å². The number of rotatable bonds is 8. The molecule has 4 rings (SSSR count). The fourth-order valence-electron chi connectivity index (χ4n) is 3.89. The lowest BCUT2D eigenvalue weighted by molar-refractivity contribution is -0.126. The molecular formula is C28H24N2O5. The molecule has 0 saturated carbocycles. The molecule has 0 aliphatic carbocycles. The molecule has 3 aromatic carbocycles. The summed E-state index contributed by atoms with van der Waals surface area (Å²) in [6.07, 6.45) is 1.31. The van der Waals surface area contributed by atoms with Crippen molar-refractivity contribution in [3.8, 4) is 11.1 Å². The summed E-state index contributed by atoms with van der Waals surface area (Å²) in [4.78, 5) is 51.6. The predicted octanol–water partition coefficient (Wildman–Crippen LogP) is 3.75. The Hall–Kier alpha value is -4.52. The van der Waals surface area contributed by atoms with E-state index in [-0.39, 0.29) is 35.5 Å². The molecule has 1 atom stereocenters. The number of H-pyrrole nitrogens is 1. The third-order valence-corrected chi connectivity index (χ3v) is 5.84. The SMILES string of the molecule is C[C@H](NC(=O)Cc1ccc(-c2ccccc2)cc1)C(=O)Cc1ccc2[nH]cc(C(=O)O)c(=O)c2c1.